The van der Waals surface area contributed by atoms with Crippen molar-refractivity contribution in [2.45, 2.75) is 20.8 Å². The molecule has 2 aromatic heterocycles. The largest absolute Gasteiger partial charge is 0.322 e. The van der Waals surface area contributed by atoms with Gasteiger partial charge in [-0.3, -0.25) is 0 Å². The maximum absolute atomic E-state index is 4.87. The van der Waals surface area contributed by atoms with Gasteiger partial charge in [-0.1, -0.05) is 18.2 Å². The van der Waals surface area contributed by atoms with Crippen molar-refractivity contribution in [2.75, 3.05) is 0 Å². The van der Waals surface area contributed by atoms with Crippen molar-refractivity contribution in [1.29, 1.82) is 0 Å². The summed E-state index contributed by atoms with van der Waals surface area (Å²) in [6, 6.07) is 19.3. The third-order valence-corrected chi connectivity index (χ3v) is 5.36. The second-order valence-corrected chi connectivity index (χ2v) is 7.09. The quantitative estimate of drug-likeness (QED) is 0.486. The first kappa shape index (κ1) is 16.5. The highest BCUT2D eigenvalue weighted by Crippen LogP contribution is 2.27. The number of fused-ring (bicyclic) bond motifs is 1. The van der Waals surface area contributed by atoms with Gasteiger partial charge in [-0.2, -0.15) is 4.57 Å². The molecule has 2 heterocycles. The maximum Gasteiger partial charge on any atom is 0.248 e. The minimum Gasteiger partial charge on any atom is -0.322 e. The van der Waals surface area contributed by atoms with E-state index in [9.17, 15) is 0 Å². The number of aryl methyl sites for hydroxylation is 4. The number of aromatic nitrogens is 3. The number of benzene rings is 2. The molecule has 130 valence electrons. The van der Waals surface area contributed by atoms with Gasteiger partial charge in [0.1, 0.15) is 7.05 Å². The van der Waals surface area contributed by atoms with Crippen molar-refractivity contribution in [1.82, 2.24) is 9.55 Å². The molecule has 0 aliphatic rings. The van der Waals surface area contributed by atoms with Gasteiger partial charge >= 0.3 is 0 Å². The molecule has 26 heavy (non-hydrogen) atoms. The summed E-state index contributed by atoms with van der Waals surface area (Å²) in [5.74, 6) is 0.983. The summed E-state index contributed by atoms with van der Waals surface area (Å²) in [5, 5.41) is 0. The Balaban J connectivity index is 1.94. The van der Waals surface area contributed by atoms with E-state index in [0.717, 1.165) is 22.6 Å². The molecule has 2 aromatic carbocycles. The summed E-state index contributed by atoms with van der Waals surface area (Å²) in [5.41, 5.74) is 9.71. The number of pyridine rings is 1. The van der Waals surface area contributed by atoms with Crippen LogP contribution in [0, 0.1) is 20.8 Å². The van der Waals surface area contributed by atoms with E-state index in [1.807, 2.05) is 6.07 Å². The summed E-state index contributed by atoms with van der Waals surface area (Å²) < 4.78 is 4.42. The topological polar surface area (TPSA) is 21.7 Å². The number of rotatable bonds is 2. The monoisotopic (exact) mass is 342 g/mol. The lowest BCUT2D eigenvalue weighted by molar-refractivity contribution is -0.649. The van der Waals surface area contributed by atoms with Gasteiger partial charge in [0.2, 0.25) is 17.2 Å². The highest BCUT2D eigenvalue weighted by molar-refractivity contribution is 5.79. The first-order chi connectivity index (χ1) is 12.5. The molecule has 0 amide bonds. The molecule has 0 aliphatic carbocycles. The molecule has 0 saturated heterocycles. The SMILES string of the molecule is Cc1cc(C)c(-c2cccc(-c3nc4ccccc4n3C)[n+]2C)cc1C. The van der Waals surface area contributed by atoms with Crippen LogP contribution in [0.25, 0.3) is 33.8 Å². The van der Waals surface area contributed by atoms with Gasteiger partial charge < -0.3 is 4.57 Å². The fraction of sp³-hybridized carbons (Fsp3) is 0.217. The van der Waals surface area contributed by atoms with Gasteiger partial charge in [0.25, 0.3) is 0 Å². The fourth-order valence-corrected chi connectivity index (χ4v) is 3.69. The summed E-state index contributed by atoms with van der Waals surface area (Å²) in [6.45, 7) is 6.53. The molecule has 4 aromatic rings. The van der Waals surface area contributed by atoms with Crippen molar-refractivity contribution in [3.05, 3.63) is 71.3 Å². The normalized spacial score (nSPS) is 11.3. The molecule has 0 saturated carbocycles. The zero-order valence-electron chi connectivity index (χ0n) is 16.0. The van der Waals surface area contributed by atoms with Crippen LogP contribution in [0.4, 0.5) is 0 Å². The van der Waals surface area contributed by atoms with Crippen molar-refractivity contribution < 1.29 is 4.57 Å². The Morgan fingerprint density at radius 2 is 1.50 bits per heavy atom. The van der Waals surface area contributed by atoms with Crippen molar-refractivity contribution in [2.24, 2.45) is 14.1 Å². The average molecular weight is 342 g/mol. The summed E-state index contributed by atoms with van der Waals surface area (Å²) in [4.78, 5) is 4.87. The Morgan fingerprint density at radius 1 is 0.808 bits per heavy atom. The first-order valence-electron chi connectivity index (χ1n) is 8.96. The Labute approximate surface area is 154 Å². The van der Waals surface area contributed by atoms with Crippen LogP contribution >= 0.6 is 0 Å². The molecule has 0 aliphatic heterocycles. The molecule has 4 rings (SSSR count). The molecule has 0 N–H and O–H groups in total. The predicted molar refractivity (Wildman–Crippen MR) is 107 cm³/mol. The smallest absolute Gasteiger partial charge is 0.248 e. The van der Waals surface area contributed by atoms with Gasteiger partial charge in [-0.15, -0.1) is 0 Å². The lowest BCUT2D eigenvalue weighted by atomic mass is 9.98. The summed E-state index contributed by atoms with van der Waals surface area (Å²) in [7, 11) is 4.21. The van der Waals surface area contributed by atoms with Crippen LogP contribution in [0.3, 0.4) is 0 Å². The van der Waals surface area contributed by atoms with Crippen LogP contribution in [-0.2, 0) is 14.1 Å². The zero-order valence-corrected chi connectivity index (χ0v) is 16.0. The number of para-hydroxylation sites is 2. The van der Waals surface area contributed by atoms with E-state index in [2.05, 4.69) is 92.5 Å². The van der Waals surface area contributed by atoms with Crippen molar-refractivity contribution >= 4 is 11.0 Å². The predicted octanol–water partition coefficient (Wildman–Crippen LogP) is 4.66. The molecule has 3 nitrogen and oxygen atoms in total. The van der Waals surface area contributed by atoms with E-state index in [1.54, 1.807) is 0 Å². The van der Waals surface area contributed by atoms with Gasteiger partial charge in [-0.25, -0.2) is 4.98 Å². The molecule has 3 heteroatoms. The lowest BCUT2D eigenvalue weighted by Crippen LogP contribution is -2.34. The van der Waals surface area contributed by atoms with Gasteiger partial charge in [0, 0.05) is 24.7 Å². The maximum atomic E-state index is 4.87. The Morgan fingerprint density at radius 3 is 2.27 bits per heavy atom. The second-order valence-electron chi connectivity index (χ2n) is 7.09. The number of hydrogen-bond acceptors (Lipinski definition) is 1. The first-order valence-corrected chi connectivity index (χ1v) is 8.96. The third kappa shape index (κ3) is 2.51. The number of hydrogen-bond donors (Lipinski definition) is 0. The highest BCUT2D eigenvalue weighted by atomic mass is 15.1. The fourth-order valence-electron chi connectivity index (χ4n) is 3.69. The highest BCUT2D eigenvalue weighted by Gasteiger charge is 2.22. The Kier molecular flexibility index (Phi) is 3.87. The number of imidazole rings is 1. The van der Waals surface area contributed by atoms with Crippen LogP contribution in [0.1, 0.15) is 16.7 Å². The van der Waals surface area contributed by atoms with E-state index in [4.69, 9.17) is 4.98 Å². The van der Waals surface area contributed by atoms with Crippen LogP contribution in [0.15, 0.2) is 54.6 Å². The molecular weight excluding hydrogens is 318 g/mol. The Hall–Kier alpha value is -2.94. The molecule has 0 bridgehead atoms. The zero-order chi connectivity index (χ0) is 18.4. The van der Waals surface area contributed by atoms with Crippen LogP contribution in [0.2, 0.25) is 0 Å². The van der Waals surface area contributed by atoms with E-state index >= 15 is 0 Å². The van der Waals surface area contributed by atoms with Crippen molar-refractivity contribution in [3.63, 3.8) is 0 Å². The van der Waals surface area contributed by atoms with Gasteiger partial charge in [-0.05, 0) is 61.7 Å². The van der Waals surface area contributed by atoms with Gasteiger partial charge in [0.15, 0.2) is 0 Å². The molecule has 0 spiro atoms. The molecule has 0 radical (unpaired) electrons. The lowest BCUT2D eigenvalue weighted by Gasteiger charge is -2.10. The van der Waals surface area contributed by atoms with E-state index < -0.39 is 0 Å². The second kappa shape index (κ2) is 6.10. The van der Waals surface area contributed by atoms with Crippen LogP contribution in [-0.4, -0.2) is 9.55 Å². The number of nitrogens with zero attached hydrogens (tertiary/aromatic N) is 3. The summed E-state index contributed by atoms with van der Waals surface area (Å²) >= 11 is 0. The minimum absolute atomic E-state index is 0.983. The van der Waals surface area contributed by atoms with E-state index in [-0.39, 0.29) is 0 Å². The third-order valence-electron chi connectivity index (χ3n) is 5.36. The minimum atomic E-state index is 0.983. The van der Waals surface area contributed by atoms with Crippen LogP contribution in [0.5, 0.6) is 0 Å². The summed E-state index contributed by atoms with van der Waals surface area (Å²) in [6.07, 6.45) is 0. The van der Waals surface area contributed by atoms with Crippen LogP contribution < -0.4 is 4.57 Å². The average Bonchev–Trinajstić information content (AvgIpc) is 2.96. The molecule has 0 atom stereocenters. The standard InChI is InChI=1S/C23H24N3/c1-15-13-17(3)18(14-16(15)2)20-11-8-12-22(25(20)4)23-24-19-9-6-7-10-21(19)26(23)5/h6-14H,1-5H3/q+1. The van der Waals surface area contributed by atoms with Crippen molar-refractivity contribution in [3.8, 4) is 22.8 Å². The molecular formula is C23H24N3+. The van der Waals surface area contributed by atoms with E-state index in [0.29, 0.717) is 0 Å². The Bertz CT molecular complexity index is 1140. The molecule has 0 unspecified atom stereocenters. The van der Waals surface area contributed by atoms with Gasteiger partial charge in [0.05, 0.1) is 11.0 Å². The molecule has 0 fully saturated rings. The van der Waals surface area contributed by atoms with E-state index in [1.165, 1.54) is 27.9 Å².